The van der Waals surface area contributed by atoms with Crippen molar-refractivity contribution in [1.29, 1.82) is 0 Å². The quantitative estimate of drug-likeness (QED) is 0.702. The molecule has 1 aliphatic heterocycles. The van der Waals surface area contributed by atoms with E-state index in [1.807, 2.05) is 64.3 Å². The van der Waals surface area contributed by atoms with Gasteiger partial charge in [-0.05, 0) is 29.3 Å². The second kappa shape index (κ2) is 8.18. The van der Waals surface area contributed by atoms with Gasteiger partial charge < -0.3 is 4.90 Å². The van der Waals surface area contributed by atoms with Crippen LogP contribution in [-0.2, 0) is 6.54 Å². The number of rotatable bonds is 5. The van der Waals surface area contributed by atoms with E-state index >= 15 is 0 Å². The summed E-state index contributed by atoms with van der Waals surface area (Å²) in [5.41, 5.74) is 3.07. The van der Waals surface area contributed by atoms with Crippen LogP contribution in [0.2, 0.25) is 0 Å². The summed E-state index contributed by atoms with van der Waals surface area (Å²) in [5, 5.41) is 4.24. The van der Waals surface area contributed by atoms with E-state index in [4.69, 9.17) is 0 Å². The Morgan fingerprint density at radius 1 is 0.815 bits per heavy atom. The predicted molar refractivity (Wildman–Crippen MR) is 106 cm³/mol. The van der Waals surface area contributed by atoms with Crippen molar-refractivity contribution in [2.45, 2.75) is 6.54 Å². The Labute approximate surface area is 159 Å². The van der Waals surface area contributed by atoms with Gasteiger partial charge in [-0.15, -0.1) is 0 Å². The van der Waals surface area contributed by atoms with Gasteiger partial charge in [-0.1, -0.05) is 42.5 Å². The monoisotopic (exact) mass is 360 g/mol. The number of hydrogen-bond acceptors (Lipinski definition) is 3. The van der Waals surface area contributed by atoms with Gasteiger partial charge in [0, 0.05) is 50.7 Å². The molecule has 0 spiro atoms. The van der Waals surface area contributed by atoms with E-state index < -0.39 is 0 Å². The summed E-state index contributed by atoms with van der Waals surface area (Å²) < 4.78 is 1.95. The lowest BCUT2D eigenvalue weighted by molar-refractivity contribution is 0.0632. The number of aromatic nitrogens is 2. The van der Waals surface area contributed by atoms with Crippen LogP contribution in [0.25, 0.3) is 11.1 Å². The first-order valence-electron chi connectivity index (χ1n) is 9.44. The molecule has 27 heavy (non-hydrogen) atoms. The molecule has 0 N–H and O–H groups in total. The van der Waals surface area contributed by atoms with Gasteiger partial charge in [-0.3, -0.25) is 14.4 Å². The van der Waals surface area contributed by atoms with Gasteiger partial charge in [0.05, 0.1) is 6.54 Å². The fourth-order valence-electron chi connectivity index (χ4n) is 3.47. The van der Waals surface area contributed by atoms with E-state index in [0.29, 0.717) is 0 Å². The Hall–Kier alpha value is -2.92. The highest BCUT2D eigenvalue weighted by Crippen LogP contribution is 2.20. The molecule has 0 saturated carbocycles. The molecule has 1 aromatic heterocycles. The Morgan fingerprint density at radius 2 is 1.52 bits per heavy atom. The zero-order chi connectivity index (χ0) is 18.5. The van der Waals surface area contributed by atoms with E-state index in [1.54, 1.807) is 6.20 Å². The van der Waals surface area contributed by atoms with Gasteiger partial charge in [-0.2, -0.15) is 5.10 Å². The van der Waals surface area contributed by atoms with E-state index in [0.717, 1.165) is 50.4 Å². The van der Waals surface area contributed by atoms with Crippen LogP contribution >= 0.6 is 0 Å². The largest absolute Gasteiger partial charge is 0.336 e. The summed E-state index contributed by atoms with van der Waals surface area (Å²) in [7, 11) is 0. The molecule has 0 aliphatic carbocycles. The van der Waals surface area contributed by atoms with Crippen LogP contribution in [0.4, 0.5) is 0 Å². The lowest BCUT2D eigenvalue weighted by Crippen LogP contribution is -2.49. The molecular weight excluding hydrogens is 336 g/mol. The van der Waals surface area contributed by atoms with E-state index in [1.165, 1.54) is 5.56 Å². The van der Waals surface area contributed by atoms with Gasteiger partial charge in [0.2, 0.25) is 0 Å². The zero-order valence-electron chi connectivity index (χ0n) is 15.4. The predicted octanol–water partition coefficient (Wildman–Crippen LogP) is 3.01. The molecule has 2 aromatic carbocycles. The molecule has 2 heterocycles. The first-order chi connectivity index (χ1) is 13.3. The van der Waals surface area contributed by atoms with Crippen LogP contribution in [0, 0.1) is 0 Å². The van der Waals surface area contributed by atoms with Crippen molar-refractivity contribution >= 4 is 5.91 Å². The molecule has 1 saturated heterocycles. The third-order valence-corrected chi connectivity index (χ3v) is 5.10. The molecule has 1 aliphatic rings. The van der Waals surface area contributed by atoms with Crippen LogP contribution in [0.5, 0.6) is 0 Å². The second-order valence-electron chi connectivity index (χ2n) is 6.85. The maximum atomic E-state index is 12.8. The molecule has 3 aromatic rings. The second-order valence-corrected chi connectivity index (χ2v) is 6.85. The van der Waals surface area contributed by atoms with Crippen LogP contribution in [0.3, 0.4) is 0 Å². The van der Waals surface area contributed by atoms with Gasteiger partial charge in [-0.25, -0.2) is 0 Å². The fourth-order valence-corrected chi connectivity index (χ4v) is 3.47. The molecule has 4 rings (SSSR count). The summed E-state index contributed by atoms with van der Waals surface area (Å²) in [6.07, 6.45) is 3.79. The molecule has 0 unspecified atom stereocenters. The summed E-state index contributed by atoms with van der Waals surface area (Å²) in [6.45, 7) is 5.23. The van der Waals surface area contributed by atoms with Crippen LogP contribution in [-0.4, -0.2) is 58.2 Å². The highest BCUT2D eigenvalue weighted by atomic mass is 16.2. The Kier molecular flexibility index (Phi) is 5.30. The van der Waals surface area contributed by atoms with Crippen molar-refractivity contribution in [3.8, 4) is 11.1 Å². The van der Waals surface area contributed by atoms with Gasteiger partial charge in [0.1, 0.15) is 0 Å². The van der Waals surface area contributed by atoms with Gasteiger partial charge in [0.25, 0.3) is 5.91 Å². The molecule has 0 bridgehead atoms. The zero-order valence-corrected chi connectivity index (χ0v) is 15.4. The fraction of sp³-hybridized carbons (Fsp3) is 0.273. The van der Waals surface area contributed by atoms with Crippen molar-refractivity contribution in [3.05, 3.63) is 78.6 Å². The molecule has 138 valence electrons. The number of nitrogens with zero attached hydrogens (tertiary/aromatic N) is 4. The van der Waals surface area contributed by atoms with Crippen molar-refractivity contribution in [2.24, 2.45) is 0 Å². The minimum Gasteiger partial charge on any atom is -0.336 e. The Balaban J connectivity index is 1.31. The van der Waals surface area contributed by atoms with Crippen molar-refractivity contribution in [3.63, 3.8) is 0 Å². The van der Waals surface area contributed by atoms with Crippen LogP contribution in [0.15, 0.2) is 73.1 Å². The third-order valence-electron chi connectivity index (χ3n) is 5.10. The number of carbonyl (C=O) groups excluding carboxylic acids is 1. The minimum absolute atomic E-state index is 0.126. The van der Waals surface area contributed by atoms with Crippen LogP contribution in [0.1, 0.15) is 10.4 Å². The lowest BCUT2D eigenvalue weighted by atomic mass is 10.0. The first-order valence-corrected chi connectivity index (χ1v) is 9.44. The smallest absolute Gasteiger partial charge is 0.253 e. The highest BCUT2D eigenvalue weighted by molar-refractivity contribution is 5.94. The van der Waals surface area contributed by atoms with Gasteiger partial charge >= 0.3 is 0 Å². The van der Waals surface area contributed by atoms with E-state index in [-0.39, 0.29) is 5.91 Å². The average Bonchev–Trinajstić information content (AvgIpc) is 3.27. The minimum atomic E-state index is 0.126. The van der Waals surface area contributed by atoms with Crippen LogP contribution < -0.4 is 0 Å². The van der Waals surface area contributed by atoms with Crippen molar-refractivity contribution < 1.29 is 4.79 Å². The molecular formula is C22H24N4O. The molecule has 5 nitrogen and oxygen atoms in total. The normalized spacial score (nSPS) is 15.0. The number of benzene rings is 2. The first kappa shape index (κ1) is 17.5. The summed E-state index contributed by atoms with van der Waals surface area (Å²) in [5.74, 6) is 0.126. The average molecular weight is 360 g/mol. The van der Waals surface area contributed by atoms with Crippen molar-refractivity contribution in [1.82, 2.24) is 19.6 Å². The summed E-state index contributed by atoms with van der Waals surface area (Å²) in [4.78, 5) is 17.1. The number of hydrogen-bond donors (Lipinski definition) is 0. The maximum absolute atomic E-state index is 12.8. The molecule has 1 fully saturated rings. The molecule has 1 amide bonds. The lowest BCUT2D eigenvalue weighted by Gasteiger charge is -2.34. The van der Waals surface area contributed by atoms with E-state index in [9.17, 15) is 4.79 Å². The van der Waals surface area contributed by atoms with Crippen molar-refractivity contribution in [2.75, 3.05) is 32.7 Å². The van der Waals surface area contributed by atoms with Gasteiger partial charge in [0.15, 0.2) is 0 Å². The Morgan fingerprint density at radius 3 is 2.19 bits per heavy atom. The topological polar surface area (TPSA) is 41.4 Å². The van der Waals surface area contributed by atoms with E-state index in [2.05, 4.69) is 22.1 Å². The number of piperazine rings is 1. The number of carbonyl (C=O) groups is 1. The SMILES string of the molecule is O=C(c1ccc(-c2ccccc2)cc1)N1CCN(CCn2cccn2)CC1. The number of amides is 1. The summed E-state index contributed by atoms with van der Waals surface area (Å²) in [6, 6.07) is 20.1. The summed E-state index contributed by atoms with van der Waals surface area (Å²) >= 11 is 0. The third kappa shape index (κ3) is 4.26. The molecule has 5 heteroatoms. The molecule has 0 radical (unpaired) electrons. The molecule has 0 atom stereocenters. The Bertz CT molecular complexity index is 851. The standard InChI is InChI=1S/C22H24N4O/c27-22(21-9-7-20(8-10-21)19-5-2-1-3-6-19)25-16-13-24(14-17-25)15-18-26-12-4-11-23-26/h1-12H,13-18H2. The maximum Gasteiger partial charge on any atom is 0.253 e. The highest BCUT2D eigenvalue weighted by Gasteiger charge is 2.22.